The maximum Gasteiger partial charge on any atom is 0.243 e. The molecule has 0 spiro atoms. The van der Waals surface area contributed by atoms with Crippen molar-refractivity contribution in [3.63, 3.8) is 0 Å². The van der Waals surface area contributed by atoms with Crippen LogP contribution in [0.5, 0.6) is 0 Å². The van der Waals surface area contributed by atoms with Gasteiger partial charge in [0.05, 0.1) is 17.1 Å². The zero-order valence-electron chi connectivity index (χ0n) is 11.1. The average molecular weight is 280 g/mol. The fraction of sp³-hybridized carbons (Fsp3) is 0.308. The summed E-state index contributed by atoms with van der Waals surface area (Å²) >= 11 is 0. The van der Waals surface area contributed by atoms with Crippen molar-refractivity contribution in [2.24, 2.45) is 0 Å². The molecule has 0 unspecified atom stereocenters. The van der Waals surface area contributed by atoms with Gasteiger partial charge in [0.15, 0.2) is 0 Å². The quantitative estimate of drug-likeness (QED) is 0.860. The van der Waals surface area contributed by atoms with Crippen molar-refractivity contribution in [3.05, 3.63) is 47.3 Å². The predicted octanol–water partition coefficient (Wildman–Crippen LogP) is 2.11. The number of aromatic nitrogens is 1. The number of aryl methyl sites for hydroxylation is 2. The molecule has 0 saturated carbocycles. The molecule has 0 bridgehead atoms. The molecule has 1 heterocycles. The fourth-order valence-electron chi connectivity index (χ4n) is 1.70. The van der Waals surface area contributed by atoms with E-state index in [0.29, 0.717) is 11.5 Å². The Morgan fingerprint density at radius 3 is 2.37 bits per heavy atom. The van der Waals surface area contributed by atoms with Crippen LogP contribution < -0.4 is 0 Å². The Hall–Kier alpha value is -1.66. The highest BCUT2D eigenvalue weighted by Crippen LogP contribution is 2.17. The van der Waals surface area contributed by atoms with Gasteiger partial charge >= 0.3 is 0 Å². The van der Waals surface area contributed by atoms with Gasteiger partial charge in [0.25, 0.3) is 0 Å². The second kappa shape index (κ2) is 5.14. The van der Waals surface area contributed by atoms with Crippen LogP contribution in [0.3, 0.4) is 0 Å². The zero-order valence-corrected chi connectivity index (χ0v) is 11.9. The third kappa shape index (κ3) is 3.02. The topological polar surface area (TPSA) is 63.4 Å². The molecule has 0 amide bonds. The van der Waals surface area contributed by atoms with Crippen molar-refractivity contribution >= 4 is 10.0 Å². The van der Waals surface area contributed by atoms with E-state index in [9.17, 15) is 8.42 Å². The molecule has 2 aromatic rings. The van der Waals surface area contributed by atoms with E-state index in [4.69, 9.17) is 4.52 Å². The summed E-state index contributed by atoms with van der Waals surface area (Å²) in [7, 11) is -1.97. The highest BCUT2D eigenvalue weighted by Gasteiger charge is 2.21. The summed E-state index contributed by atoms with van der Waals surface area (Å²) in [6.45, 7) is 3.87. The summed E-state index contributed by atoms with van der Waals surface area (Å²) in [5.74, 6) is 0.663. The van der Waals surface area contributed by atoms with Crippen molar-refractivity contribution in [1.82, 2.24) is 9.46 Å². The Bertz CT molecular complexity index is 659. The third-order valence-electron chi connectivity index (χ3n) is 2.79. The standard InChI is InChI=1S/C13H16N2O3S/c1-10-4-6-13(7-5-10)19(16,17)15(3)9-12-8-11(2)18-14-12/h4-8H,9H2,1-3H3. The smallest absolute Gasteiger partial charge is 0.243 e. The second-order valence-electron chi connectivity index (χ2n) is 4.50. The molecule has 0 fully saturated rings. The van der Waals surface area contributed by atoms with Crippen molar-refractivity contribution in [2.75, 3.05) is 7.05 Å². The van der Waals surface area contributed by atoms with Crippen LogP contribution in [0.2, 0.25) is 0 Å². The molecule has 1 aromatic carbocycles. The van der Waals surface area contributed by atoms with E-state index in [1.54, 1.807) is 37.3 Å². The Kier molecular flexibility index (Phi) is 3.73. The van der Waals surface area contributed by atoms with Gasteiger partial charge in [-0.25, -0.2) is 8.42 Å². The van der Waals surface area contributed by atoms with Crippen LogP contribution >= 0.6 is 0 Å². The third-order valence-corrected chi connectivity index (χ3v) is 4.61. The normalized spacial score (nSPS) is 12.0. The van der Waals surface area contributed by atoms with Gasteiger partial charge in [0, 0.05) is 13.1 Å². The monoisotopic (exact) mass is 280 g/mol. The molecular weight excluding hydrogens is 264 g/mol. The van der Waals surface area contributed by atoms with Gasteiger partial charge in [-0.1, -0.05) is 22.9 Å². The largest absolute Gasteiger partial charge is 0.361 e. The van der Waals surface area contributed by atoms with Gasteiger partial charge in [0.2, 0.25) is 10.0 Å². The summed E-state index contributed by atoms with van der Waals surface area (Å²) < 4.78 is 30.8. The summed E-state index contributed by atoms with van der Waals surface area (Å²) in [6.07, 6.45) is 0. The molecule has 2 rings (SSSR count). The first-order valence-corrected chi connectivity index (χ1v) is 7.29. The molecule has 0 aliphatic carbocycles. The first kappa shape index (κ1) is 13.8. The van der Waals surface area contributed by atoms with Crippen LogP contribution in [0.1, 0.15) is 17.0 Å². The molecule has 102 valence electrons. The first-order chi connectivity index (χ1) is 8.89. The molecule has 19 heavy (non-hydrogen) atoms. The first-order valence-electron chi connectivity index (χ1n) is 5.85. The predicted molar refractivity (Wildman–Crippen MR) is 71.1 cm³/mol. The van der Waals surface area contributed by atoms with E-state index >= 15 is 0 Å². The Morgan fingerprint density at radius 1 is 1.21 bits per heavy atom. The van der Waals surface area contributed by atoms with Gasteiger partial charge in [-0.05, 0) is 26.0 Å². The fourth-order valence-corrected chi connectivity index (χ4v) is 2.84. The Morgan fingerprint density at radius 2 is 1.84 bits per heavy atom. The van der Waals surface area contributed by atoms with Gasteiger partial charge in [-0.15, -0.1) is 0 Å². The summed E-state index contributed by atoms with van der Waals surface area (Å²) in [5.41, 5.74) is 1.62. The lowest BCUT2D eigenvalue weighted by Gasteiger charge is -2.15. The molecule has 0 atom stereocenters. The number of hydrogen-bond donors (Lipinski definition) is 0. The lowest BCUT2D eigenvalue weighted by Crippen LogP contribution is -2.26. The minimum absolute atomic E-state index is 0.188. The summed E-state index contributed by atoms with van der Waals surface area (Å²) in [4.78, 5) is 0.279. The van der Waals surface area contributed by atoms with E-state index in [1.807, 2.05) is 6.92 Å². The summed E-state index contributed by atoms with van der Waals surface area (Å²) in [6, 6.07) is 8.49. The highest BCUT2D eigenvalue weighted by molar-refractivity contribution is 7.89. The maximum atomic E-state index is 12.3. The molecule has 0 aliphatic heterocycles. The SMILES string of the molecule is Cc1ccc(S(=O)(=O)N(C)Cc2cc(C)on2)cc1. The second-order valence-corrected chi connectivity index (χ2v) is 6.55. The van der Waals surface area contributed by atoms with Crippen molar-refractivity contribution < 1.29 is 12.9 Å². The molecular formula is C13H16N2O3S. The Balaban J connectivity index is 2.21. The number of benzene rings is 1. The van der Waals surface area contributed by atoms with Gasteiger partial charge in [0.1, 0.15) is 5.76 Å². The molecule has 0 radical (unpaired) electrons. The molecule has 1 aromatic heterocycles. The van der Waals surface area contributed by atoms with Crippen LogP contribution in [-0.4, -0.2) is 24.9 Å². The Labute approximate surface area is 112 Å². The minimum Gasteiger partial charge on any atom is -0.361 e. The van der Waals surface area contributed by atoms with E-state index in [2.05, 4.69) is 5.16 Å². The zero-order chi connectivity index (χ0) is 14.0. The lowest BCUT2D eigenvalue weighted by atomic mass is 10.2. The molecule has 0 aliphatic rings. The van der Waals surface area contributed by atoms with Crippen LogP contribution in [0.15, 0.2) is 39.8 Å². The van der Waals surface area contributed by atoms with Crippen molar-refractivity contribution in [1.29, 1.82) is 0 Å². The van der Waals surface area contributed by atoms with E-state index in [-0.39, 0.29) is 11.4 Å². The van der Waals surface area contributed by atoms with Crippen LogP contribution in [0, 0.1) is 13.8 Å². The minimum atomic E-state index is -3.49. The van der Waals surface area contributed by atoms with Crippen molar-refractivity contribution in [2.45, 2.75) is 25.3 Å². The molecule has 0 N–H and O–H groups in total. The maximum absolute atomic E-state index is 12.3. The van der Waals surface area contributed by atoms with Gasteiger partial charge in [-0.3, -0.25) is 0 Å². The van der Waals surface area contributed by atoms with Crippen LogP contribution in [0.25, 0.3) is 0 Å². The average Bonchev–Trinajstić information content (AvgIpc) is 2.75. The molecule has 6 heteroatoms. The van der Waals surface area contributed by atoms with Gasteiger partial charge in [-0.2, -0.15) is 4.31 Å². The number of hydrogen-bond acceptors (Lipinski definition) is 4. The van der Waals surface area contributed by atoms with Crippen LogP contribution in [0.4, 0.5) is 0 Å². The highest BCUT2D eigenvalue weighted by atomic mass is 32.2. The van der Waals surface area contributed by atoms with Crippen molar-refractivity contribution in [3.8, 4) is 0 Å². The van der Waals surface area contributed by atoms with E-state index < -0.39 is 10.0 Å². The summed E-state index contributed by atoms with van der Waals surface area (Å²) in [5, 5.41) is 3.80. The molecule has 0 saturated heterocycles. The van der Waals surface area contributed by atoms with E-state index in [0.717, 1.165) is 5.56 Å². The lowest BCUT2D eigenvalue weighted by molar-refractivity contribution is 0.378. The van der Waals surface area contributed by atoms with Crippen LogP contribution in [-0.2, 0) is 16.6 Å². The molecule has 5 nitrogen and oxygen atoms in total. The number of sulfonamides is 1. The van der Waals surface area contributed by atoms with E-state index in [1.165, 1.54) is 11.4 Å². The number of nitrogens with zero attached hydrogens (tertiary/aromatic N) is 2. The van der Waals surface area contributed by atoms with Gasteiger partial charge < -0.3 is 4.52 Å². The number of rotatable bonds is 4.